The van der Waals surface area contributed by atoms with Gasteiger partial charge < -0.3 is 10.3 Å². The van der Waals surface area contributed by atoms with Crippen LogP contribution in [-0.2, 0) is 12.8 Å². The maximum absolute atomic E-state index is 6.15. The SMILES string of the molecule is Cc1cccc(Cc2noc(CC(N)CC(C)(C)C)n2)c1. The van der Waals surface area contributed by atoms with Gasteiger partial charge in [-0.25, -0.2) is 0 Å². The highest BCUT2D eigenvalue weighted by Gasteiger charge is 2.18. The Labute approximate surface area is 126 Å². The van der Waals surface area contributed by atoms with Gasteiger partial charge in [-0.05, 0) is 24.3 Å². The average Bonchev–Trinajstić information content (AvgIpc) is 2.73. The van der Waals surface area contributed by atoms with E-state index in [9.17, 15) is 0 Å². The Morgan fingerprint density at radius 3 is 2.71 bits per heavy atom. The van der Waals surface area contributed by atoms with Crippen LogP contribution >= 0.6 is 0 Å². The molecule has 114 valence electrons. The lowest BCUT2D eigenvalue weighted by Gasteiger charge is -2.21. The summed E-state index contributed by atoms with van der Waals surface area (Å²) < 4.78 is 5.31. The average molecular weight is 287 g/mol. The Balaban J connectivity index is 1.95. The van der Waals surface area contributed by atoms with E-state index in [-0.39, 0.29) is 11.5 Å². The Morgan fingerprint density at radius 2 is 2.05 bits per heavy atom. The number of hydrogen-bond acceptors (Lipinski definition) is 4. The van der Waals surface area contributed by atoms with E-state index in [0.717, 1.165) is 12.2 Å². The smallest absolute Gasteiger partial charge is 0.228 e. The molecule has 0 aliphatic heterocycles. The minimum absolute atomic E-state index is 0.0530. The van der Waals surface area contributed by atoms with Gasteiger partial charge in [0.1, 0.15) is 0 Å². The van der Waals surface area contributed by atoms with Crippen molar-refractivity contribution in [2.75, 3.05) is 0 Å². The summed E-state index contributed by atoms with van der Waals surface area (Å²) in [5.74, 6) is 1.35. The molecule has 1 aromatic carbocycles. The van der Waals surface area contributed by atoms with Crippen LogP contribution in [0.25, 0.3) is 0 Å². The molecular weight excluding hydrogens is 262 g/mol. The molecular formula is C17H25N3O. The highest BCUT2D eigenvalue weighted by atomic mass is 16.5. The fourth-order valence-corrected chi connectivity index (χ4v) is 2.53. The van der Waals surface area contributed by atoms with Crippen LogP contribution in [0.15, 0.2) is 28.8 Å². The van der Waals surface area contributed by atoms with Gasteiger partial charge in [-0.2, -0.15) is 4.98 Å². The summed E-state index contributed by atoms with van der Waals surface area (Å²) in [5.41, 5.74) is 8.79. The van der Waals surface area contributed by atoms with Crippen LogP contribution in [0.1, 0.15) is 50.0 Å². The molecule has 2 N–H and O–H groups in total. The van der Waals surface area contributed by atoms with Gasteiger partial charge in [0.15, 0.2) is 5.82 Å². The Morgan fingerprint density at radius 1 is 1.29 bits per heavy atom. The van der Waals surface area contributed by atoms with Crippen molar-refractivity contribution in [2.24, 2.45) is 11.1 Å². The molecule has 0 aliphatic carbocycles. The molecule has 0 spiro atoms. The van der Waals surface area contributed by atoms with Crippen LogP contribution in [0.3, 0.4) is 0 Å². The highest BCUT2D eigenvalue weighted by molar-refractivity contribution is 5.24. The van der Waals surface area contributed by atoms with E-state index in [1.54, 1.807) is 0 Å². The molecule has 0 bridgehead atoms. The van der Waals surface area contributed by atoms with Gasteiger partial charge in [0.05, 0.1) is 0 Å². The Hall–Kier alpha value is -1.68. The van der Waals surface area contributed by atoms with Crippen molar-refractivity contribution in [1.29, 1.82) is 0 Å². The number of rotatable bonds is 5. The van der Waals surface area contributed by atoms with Gasteiger partial charge in [-0.3, -0.25) is 0 Å². The minimum Gasteiger partial charge on any atom is -0.339 e. The fraction of sp³-hybridized carbons (Fsp3) is 0.529. The van der Waals surface area contributed by atoms with Crippen molar-refractivity contribution >= 4 is 0 Å². The lowest BCUT2D eigenvalue weighted by Crippen LogP contribution is -2.28. The van der Waals surface area contributed by atoms with E-state index in [4.69, 9.17) is 10.3 Å². The summed E-state index contributed by atoms with van der Waals surface area (Å²) in [5, 5.41) is 4.05. The third-order valence-corrected chi connectivity index (χ3v) is 3.27. The van der Waals surface area contributed by atoms with Crippen molar-refractivity contribution in [1.82, 2.24) is 10.1 Å². The van der Waals surface area contributed by atoms with Crippen LogP contribution in [0.4, 0.5) is 0 Å². The first-order valence-corrected chi connectivity index (χ1v) is 7.44. The van der Waals surface area contributed by atoms with Crippen molar-refractivity contribution in [3.63, 3.8) is 0 Å². The van der Waals surface area contributed by atoms with E-state index in [2.05, 4.69) is 56.0 Å². The zero-order valence-corrected chi connectivity index (χ0v) is 13.4. The topological polar surface area (TPSA) is 64.9 Å². The van der Waals surface area contributed by atoms with Crippen molar-refractivity contribution in [3.8, 4) is 0 Å². The monoisotopic (exact) mass is 287 g/mol. The zero-order chi connectivity index (χ0) is 15.5. The molecule has 4 nitrogen and oxygen atoms in total. The standard InChI is InChI=1S/C17H25N3O/c1-12-6-5-7-13(8-12)9-15-19-16(21-20-15)10-14(18)11-17(2,3)4/h5-8,14H,9-11,18H2,1-4H3. The highest BCUT2D eigenvalue weighted by Crippen LogP contribution is 2.21. The van der Waals surface area contributed by atoms with E-state index >= 15 is 0 Å². The molecule has 0 fully saturated rings. The molecule has 1 heterocycles. The number of aromatic nitrogens is 2. The molecule has 0 aliphatic rings. The van der Waals surface area contributed by atoms with Gasteiger partial charge in [-0.1, -0.05) is 55.8 Å². The van der Waals surface area contributed by atoms with Crippen LogP contribution < -0.4 is 5.73 Å². The predicted octanol–water partition coefficient (Wildman–Crippen LogP) is 3.27. The second-order valence-corrected chi connectivity index (χ2v) is 7.00. The minimum atomic E-state index is 0.0530. The second-order valence-electron chi connectivity index (χ2n) is 7.00. The summed E-state index contributed by atoms with van der Waals surface area (Å²) >= 11 is 0. The lowest BCUT2D eigenvalue weighted by molar-refractivity contribution is 0.312. The Kier molecular flexibility index (Phi) is 4.78. The first-order chi connectivity index (χ1) is 9.82. The number of nitrogens with zero attached hydrogens (tertiary/aromatic N) is 2. The molecule has 0 amide bonds. The lowest BCUT2D eigenvalue weighted by atomic mass is 9.87. The van der Waals surface area contributed by atoms with E-state index < -0.39 is 0 Å². The van der Waals surface area contributed by atoms with Gasteiger partial charge in [0, 0.05) is 18.9 Å². The van der Waals surface area contributed by atoms with Gasteiger partial charge >= 0.3 is 0 Å². The first kappa shape index (κ1) is 15.7. The molecule has 2 rings (SSSR count). The van der Waals surface area contributed by atoms with E-state index in [0.29, 0.717) is 18.7 Å². The first-order valence-electron chi connectivity index (χ1n) is 7.44. The van der Waals surface area contributed by atoms with Gasteiger partial charge in [-0.15, -0.1) is 0 Å². The van der Waals surface area contributed by atoms with Crippen LogP contribution in [-0.4, -0.2) is 16.2 Å². The molecule has 2 aromatic rings. The maximum atomic E-state index is 6.15. The summed E-state index contributed by atoms with van der Waals surface area (Å²) in [6.07, 6.45) is 2.26. The third kappa shape index (κ3) is 5.31. The third-order valence-electron chi connectivity index (χ3n) is 3.27. The molecule has 1 aromatic heterocycles. The van der Waals surface area contributed by atoms with Crippen LogP contribution in [0.5, 0.6) is 0 Å². The second kappa shape index (κ2) is 6.39. The summed E-state index contributed by atoms with van der Waals surface area (Å²) in [6, 6.07) is 8.40. The van der Waals surface area contributed by atoms with Gasteiger partial charge in [0.2, 0.25) is 5.89 Å². The molecule has 1 unspecified atom stereocenters. The van der Waals surface area contributed by atoms with Crippen LogP contribution in [0.2, 0.25) is 0 Å². The predicted molar refractivity (Wildman–Crippen MR) is 84.0 cm³/mol. The normalized spacial score (nSPS) is 13.4. The van der Waals surface area contributed by atoms with Gasteiger partial charge in [0.25, 0.3) is 0 Å². The fourth-order valence-electron chi connectivity index (χ4n) is 2.53. The number of benzene rings is 1. The van der Waals surface area contributed by atoms with E-state index in [1.165, 1.54) is 11.1 Å². The molecule has 0 saturated heterocycles. The molecule has 0 saturated carbocycles. The zero-order valence-electron chi connectivity index (χ0n) is 13.4. The molecule has 21 heavy (non-hydrogen) atoms. The maximum Gasteiger partial charge on any atom is 0.228 e. The number of hydrogen-bond donors (Lipinski definition) is 1. The van der Waals surface area contributed by atoms with Crippen molar-refractivity contribution < 1.29 is 4.52 Å². The number of nitrogens with two attached hydrogens (primary N) is 1. The van der Waals surface area contributed by atoms with E-state index in [1.807, 2.05) is 6.07 Å². The summed E-state index contributed by atoms with van der Waals surface area (Å²) in [4.78, 5) is 4.45. The van der Waals surface area contributed by atoms with Crippen molar-refractivity contribution in [3.05, 3.63) is 47.1 Å². The Bertz CT molecular complexity index is 584. The largest absolute Gasteiger partial charge is 0.339 e. The molecule has 1 atom stereocenters. The quantitative estimate of drug-likeness (QED) is 0.916. The number of aryl methyl sites for hydroxylation is 1. The van der Waals surface area contributed by atoms with Crippen molar-refractivity contribution in [2.45, 2.75) is 53.0 Å². The molecule has 4 heteroatoms. The summed E-state index contributed by atoms with van der Waals surface area (Å²) in [6.45, 7) is 8.63. The van der Waals surface area contributed by atoms with Crippen LogP contribution in [0, 0.1) is 12.3 Å². The molecule has 0 radical (unpaired) electrons. The summed E-state index contributed by atoms with van der Waals surface area (Å²) in [7, 11) is 0.